The fraction of sp³-hybridized carbons (Fsp3) is 0.222. The van der Waals surface area contributed by atoms with E-state index in [-0.39, 0.29) is 11.5 Å². The molecule has 2 aromatic heterocycles. The van der Waals surface area contributed by atoms with Crippen LogP contribution in [-0.2, 0) is 6.42 Å². The van der Waals surface area contributed by atoms with Gasteiger partial charge < -0.3 is 10.3 Å². The number of nitrogens with two attached hydrogens (primary N) is 1. The summed E-state index contributed by atoms with van der Waals surface area (Å²) in [5.41, 5.74) is 5.58. The van der Waals surface area contributed by atoms with E-state index in [1.54, 1.807) is 0 Å². The van der Waals surface area contributed by atoms with E-state index < -0.39 is 5.82 Å². The van der Waals surface area contributed by atoms with Gasteiger partial charge in [-0.15, -0.1) is 0 Å². The highest BCUT2D eigenvalue weighted by Crippen LogP contribution is 2.19. The predicted molar refractivity (Wildman–Crippen MR) is 50.2 cm³/mol. The van der Waals surface area contributed by atoms with Crippen LogP contribution in [0.4, 0.5) is 4.39 Å². The topological polar surface area (TPSA) is 77.8 Å². The molecule has 0 atom stereocenters. The van der Waals surface area contributed by atoms with Gasteiger partial charge in [-0.25, -0.2) is 4.39 Å². The molecule has 0 aliphatic heterocycles. The van der Waals surface area contributed by atoms with Crippen LogP contribution in [0.5, 0.6) is 0 Å². The molecule has 5 nitrogen and oxygen atoms in total. The van der Waals surface area contributed by atoms with E-state index in [1.807, 2.05) is 0 Å². The van der Waals surface area contributed by atoms with Crippen molar-refractivity contribution < 1.29 is 8.91 Å². The molecule has 2 aromatic rings. The first kappa shape index (κ1) is 9.72. The lowest BCUT2D eigenvalue weighted by atomic mass is 10.2. The number of hydrogen-bond donors (Lipinski definition) is 1. The molecule has 2 heterocycles. The van der Waals surface area contributed by atoms with Gasteiger partial charge in [-0.2, -0.15) is 4.98 Å². The molecule has 78 valence electrons. The van der Waals surface area contributed by atoms with Crippen molar-refractivity contribution in [2.75, 3.05) is 6.54 Å². The Morgan fingerprint density at radius 1 is 1.47 bits per heavy atom. The van der Waals surface area contributed by atoms with Gasteiger partial charge in [0.05, 0.1) is 11.8 Å². The maximum absolute atomic E-state index is 13.3. The lowest BCUT2D eigenvalue weighted by Gasteiger charge is -1.93. The molecule has 0 saturated heterocycles. The number of rotatable bonds is 3. The minimum absolute atomic E-state index is 0.151. The second-order valence-electron chi connectivity index (χ2n) is 2.91. The number of halogens is 1. The third-order valence-corrected chi connectivity index (χ3v) is 1.84. The van der Waals surface area contributed by atoms with Crippen molar-refractivity contribution in [3.8, 4) is 11.5 Å². The Morgan fingerprint density at radius 3 is 3.07 bits per heavy atom. The average molecular weight is 208 g/mol. The summed E-state index contributed by atoms with van der Waals surface area (Å²) >= 11 is 0. The van der Waals surface area contributed by atoms with Crippen LogP contribution in [0.3, 0.4) is 0 Å². The molecule has 0 aliphatic carbocycles. The van der Waals surface area contributed by atoms with Crippen LogP contribution in [0, 0.1) is 5.82 Å². The van der Waals surface area contributed by atoms with Crippen LogP contribution in [0.1, 0.15) is 5.82 Å². The maximum atomic E-state index is 13.3. The predicted octanol–water partition coefficient (Wildman–Crippen LogP) is 0.772. The molecule has 0 aromatic carbocycles. The fourth-order valence-electron chi connectivity index (χ4n) is 1.14. The second-order valence-corrected chi connectivity index (χ2v) is 2.91. The molecule has 0 fully saturated rings. The molecule has 2 N–H and O–H groups in total. The average Bonchev–Trinajstić information content (AvgIpc) is 2.68. The Morgan fingerprint density at radius 2 is 2.33 bits per heavy atom. The van der Waals surface area contributed by atoms with Crippen molar-refractivity contribution in [2.24, 2.45) is 5.73 Å². The van der Waals surface area contributed by atoms with Crippen molar-refractivity contribution >= 4 is 0 Å². The Kier molecular flexibility index (Phi) is 2.68. The Labute approximate surface area is 85.1 Å². The SMILES string of the molecule is NCCc1noc(-c2ccncc2F)n1. The highest BCUT2D eigenvalue weighted by Gasteiger charge is 2.12. The van der Waals surface area contributed by atoms with Crippen molar-refractivity contribution in [1.29, 1.82) is 0 Å². The Hall–Kier alpha value is -1.82. The van der Waals surface area contributed by atoms with Gasteiger partial charge in [0.2, 0.25) is 0 Å². The van der Waals surface area contributed by atoms with Gasteiger partial charge in [0.25, 0.3) is 5.89 Å². The van der Waals surface area contributed by atoms with Crippen LogP contribution in [0.2, 0.25) is 0 Å². The number of pyridine rings is 1. The summed E-state index contributed by atoms with van der Waals surface area (Å²) in [7, 11) is 0. The molecule has 0 aliphatic rings. The van der Waals surface area contributed by atoms with Crippen molar-refractivity contribution in [1.82, 2.24) is 15.1 Å². The third-order valence-electron chi connectivity index (χ3n) is 1.84. The number of aromatic nitrogens is 3. The lowest BCUT2D eigenvalue weighted by Crippen LogP contribution is -2.03. The minimum Gasteiger partial charge on any atom is -0.334 e. The van der Waals surface area contributed by atoms with E-state index in [0.29, 0.717) is 18.8 Å². The molecule has 0 unspecified atom stereocenters. The third kappa shape index (κ3) is 1.99. The van der Waals surface area contributed by atoms with E-state index in [2.05, 4.69) is 15.1 Å². The highest BCUT2D eigenvalue weighted by atomic mass is 19.1. The van der Waals surface area contributed by atoms with Gasteiger partial charge in [-0.05, 0) is 12.6 Å². The number of hydrogen-bond acceptors (Lipinski definition) is 5. The molecule has 0 saturated carbocycles. The molecule has 0 radical (unpaired) electrons. The standard InChI is InChI=1S/C9H9FN4O/c10-7-5-12-4-2-6(7)9-13-8(1-3-11)14-15-9/h2,4-5H,1,3,11H2. The zero-order chi connectivity index (χ0) is 10.7. The largest absolute Gasteiger partial charge is 0.334 e. The van der Waals surface area contributed by atoms with Gasteiger partial charge in [-0.3, -0.25) is 4.98 Å². The van der Waals surface area contributed by atoms with Crippen LogP contribution in [0.25, 0.3) is 11.5 Å². The summed E-state index contributed by atoms with van der Waals surface area (Å²) in [6.45, 7) is 0.428. The zero-order valence-electron chi connectivity index (χ0n) is 7.85. The normalized spacial score (nSPS) is 10.5. The summed E-state index contributed by atoms with van der Waals surface area (Å²) in [5.74, 6) is 0.141. The molecule has 2 rings (SSSR count). The summed E-state index contributed by atoms with van der Waals surface area (Å²) in [5, 5.41) is 3.67. The van der Waals surface area contributed by atoms with E-state index >= 15 is 0 Å². The smallest absolute Gasteiger partial charge is 0.261 e. The summed E-state index contributed by atoms with van der Waals surface area (Å²) in [6.07, 6.45) is 3.07. The van der Waals surface area contributed by atoms with Crippen molar-refractivity contribution in [3.05, 3.63) is 30.1 Å². The molecule has 15 heavy (non-hydrogen) atoms. The quantitative estimate of drug-likeness (QED) is 0.806. The Bertz CT molecular complexity index is 457. The summed E-state index contributed by atoms with van der Waals surface area (Å²) in [4.78, 5) is 7.63. The lowest BCUT2D eigenvalue weighted by molar-refractivity contribution is 0.420. The molecule has 0 bridgehead atoms. The monoisotopic (exact) mass is 208 g/mol. The molecular formula is C9H9FN4O. The summed E-state index contributed by atoms with van der Waals surface area (Å²) < 4.78 is 18.2. The second kappa shape index (κ2) is 4.14. The number of nitrogens with zero attached hydrogens (tertiary/aromatic N) is 3. The first-order valence-electron chi connectivity index (χ1n) is 4.44. The van der Waals surface area contributed by atoms with Crippen LogP contribution in [0.15, 0.2) is 23.0 Å². The van der Waals surface area contributed by atoms with E-state index in [4.69, 9.17) is 10.3 Å². The maximum Gasteiger partial charge on any atom is 0.261 e. The molecular weight excluding hydrogens is 199 g/mol. The van der Waals surface area contributed by atoms with Crippen molar-refractivity contribution in [3.63, 3.8) is 0 Å². The van der Waals surface area contributed by atoms with Gasteiger partial charge >= 0.3 is 0 Å². The van der Waals surface area contributed by atoms with Crippen molar-refractivity contribution in [2.45, 2.75) is 6.42 Å². The molecule has 6 heteroatoms. The van der Waals surface area contributed by atoms with Gasteiger partial charge in [0, 0.05) is 12.6 Å². The van der Waals surface area contributed by atoms with Gasteiger partial charge in [0.1, 0.15) is 0 Å². The molecule has 0 amide bonds. The van der Waals surface area contributed by atoms with E-state index in [0.717, 1.165) is 6.20 Å². The highest BCUT2D eigenvalue weighted by molar-refractivity contribution is 5.52. The Balaban J connectivity index is 2.33. The fourth-order valence-corrected chi connectivity index (χ4v) is 1.14. The first-order chi connectivity index (χ1) is 7.31. The first-order valence-corrected chi connectivity index (χ1v) is 4.44. The van der Waals surface area contributed by atoms with Crippen LogP contribution < -0.4 is 5.73 Å². The summed E-state index contributed by atoms with van der Waals surface area (Å²) in [6, 6.07) is 1.48. The minimum atomic E-state index is -0.486. The molecule has 0 spiro atoms. The van der Waals surface area contributed by atoms with E-state index in [9.17, 15) is 4.39 Å². The zero-order valence-corrected chi connectivity index (χ0v) is 7.85. The van der Waals surface area contributed by atoms with E-state index in [1.165, 1.54) is 12.3 Å². The van der Waals surface area contributed by atoms with Gasteiger partial charge in [0.15, 0.2) is 11.6 Å². The van der Waals surface area contributed by atoms with Gasteiger partial charge in [-0.1, -0.05) is 5.16 Å². The van der Waals surface area contributed by atoms with Crippen LogP contribution in [-0.4, -0.2) is 21.7 Å². The van der Waals surface area contributed by atoms with Crippen LogP contribution >= 0.6 is 0 Å².